The molecular formula is C26H24N6O2. The predicted molar refractivity (Wildman–Crippen MR) is 132 cm³/mol. The van der Waals surface area contributed by atoms with Crippen LogP contribution in [0, 0.1) is 6.92 Å². The van der Waals surface area contributed by atoms with Gasteiger partial charge in [0.05, 0.1) is 28.6 Å². The van der Waals surface area contributed by atoms with E-state index in [1.165, 1.54) is 6.08 Å². The molecular weight excluding hydrogens is 428 g/mol. The summed E-state index contributed by atoms with van der Waals surface area (Å²) >= 11 is 0. The van der Waals surface area contributed by atoms with Crippen LogP contribution in [0.3, 0.4) is 0 Å². The van der Waals surface area contributed by atoms with Crippen molar-refractivity contribution in [3.63, 3.8) is 0 Å². The molecule has 0 unspecified atom stereocenters. The second-order valence-electron chi connectivity index (χ2n) is 7.75. The highest BCUT2D eigenvalue weighted by molar-refractivity contribution is 6.11. The van der Waals surface area contributed by atoms with Gasteiger partial charge in [0.25, 0.3) is 5.91 Å². The van der Waals surface area contributed by atoms with Crippen LogP contribution < -0.4 is 5.32 Å². The average molecular weight is 453 g/mol. The van der Waals surface area contributed by atoms with Crippen molar-refractivity contribution in [1.82, 2.24) is 20.2 Å². The van der Waals surface area contributed by atoms with Crippen molar-refractivity contribution in [3.05, 3.63) is 95.3 Å². The van der Waals surface area contributed by atoms with Crippen molar-refractivity contribution < 1.29 is 9.59 Å². The Bertz CT molecular complexity index is 1370. The zero-order valence-corrected chi connectivity index (χ0v) is 18.9. The molecule has 2 aromatic heterocycles. The number of aromatic amines is 1. The number of anilines is 1. The van der Waals surface area contributed by atoms with Gasteiger partial charge in [-0.2, -0.15) is 10.2 Å². The maximum Gasteiger partial charge on any atom is 0.257 e. The molecule has 0 aliphatic heterocycles. The average Bonchev–Trinajstić information content (AvgIpc) is 3.25. The lowest BCUT2D eigenvalue weighted by molar-refractivity contribution is -0.114. The number of aryl methyl sites for hydroxylation is 2. The van der Waals surface area contributed by atoms with Crippen LogP contribution in [0.1, 0.15) is 33.6 Å². The number of hydrogen-bond acceptors (Lipinski definition) is 6. The summed E-state index contributed by atoms with van der Waals surface area (Å²) in [5.41, 5.74) is 5.29. The number of carbonyl (C=O) groups excluding carboxylic acids is 2. The molecule has 1 amide bonds. The first-order chi connectivity index (χ1) is 16.5. The van der Waals surface area contributed by atoms with Crippen molar-refractivity contribution in [2.45, 2.75) is 19.8 Å². The minimum absolute atomic E-state index is 0.0305. The third-order valence-corrected chi connectivity index (χ3v) is 5.21. The summed E-state index contributed by atoms with van der Waals surface area (Å²) in [5.74, 6) is 0.0964. The molecule has 0 spiro atoms. The number of fused-ring (bicyclic) bond motifs is 1. The van der Waals surface area contributed by atoms with Crippen molar-refractivity contribution >= 4 is 34.4 Å². The van der Waals surface area contributed by atoms with Gasteiger partial charge in [0.15, 0.2) is 5.78 Å². The van der Waals surface area contributed by atoms with Crippen molar-refractivity contribution in [3.8, 4) is 0 Å². The number of hydrogen-bond donors (Lipinski definition) is 2. The molecule has 0 aliphatic carbocycles. The molecule has 0 saturated heterocycles. The van der Waals surface area contributed by atoms with E-state index in [2.05, 4.69) is 30.5 Å². The van der Waals surface area contributed by atoms with E-state index in [0.29, 0.717) is 30.1 Å². The van der Waals surface area contributed by atoms with Crippen LogP contribution in [0.2, 0.25) is 0 Å². The third kappa shape index (κ3) is 5.66. The van der Waals surface area contributed by atoms with E-state index in [0.717, 1.165) is 27.9 Å². The molecule has 0 saturated carbocycles. The normalized spacial score (nSPS) is 11.8. The summed E-state index contributed by atoms with van der Waals surface area (Å²) in [6, 6.07) is 16.7. The third-order valence-electron chi connectivity index (χ3n) is 5.21. The zero-order chi connectivity index (χ0) is 23.9. The fourth-order valence-electron chi connectivity index (χ4n) is 3.50. The Morgan fingerprint density at radius 3 is 2.71 bits per heavy atom. The number of amides is 1. The SMILES string of the molecule is CN=C(/C=C\C(=O)CCc1cccc(C(=O)Nc2nc3ccccc3[nH]2)c1)c1cnnc(C)c1. The van der Waals surface area contributed by atoms with Crippen molar-refractivity contribution in [2.24, 2.45) is 4.99 Å². The largest absolute Gasteiger partial charge is 0.324 e. The molecule has 0 radical (unpaired) electrons. The van der Waals surface area contributed by atoms with Gasteiger partial charge in [-0.3, -0.25) is 19.9 Å². The number of aliphatic imine (C=N–C) groups is 1. The van der Waals surface area contributed by atoms with Crippen molar-refractivity contribution in [1.29, 1.82) is 0 Å². The lowest BCUT2D eigenvalue weighted by Gasteiger charge is -2.05. The van der Waals surface area contributed by atoms with Crippen LogP contribution in [0.15, 0.2) is 77.9 Å². The molecule has 34 heavy (non-hydrogen) atoms. The summed E-state index contributed by atoms with van der Waals surface area (Å²) in [5, 5.41) is 10.7. The fraction of sp³-hybridized carbons (Fsp3) is 0.154. The van der Waals surface area contributed by atoms with Gasteiger partial charge < -0.3 is 4.98 Å². The summed E-state index contributed by atoms with van der Waals surface area (Å²) in [7, 11) is 1.67. The predicted octanol–water partition coefficient (Wildman–Crippen LogP) is 4.09. The molecule has 0 bridgehead atoms. The first-order valence-corrected chi connectivity index (χ1v) is 10.8. The van der Waals surface area contributed by atoms with E-state index in [1.807, 2.05) is 49.4 Å². The number of imidazole rings is 1. The van der Waals surface area contributed by atoms with Crippen molar-refractivity contribution in [2.75, 3.05) is 12.4 Å². The lowest BCUT2D eigenvalue weighted by Crippen LogP contribution is -2.13. The maximum atomic E-state index is 12.7. The number of H-pyrrole nitrogens is 1. The van der Waals surface area contributed by atoms with Crippen LogP contribution in [-0.2, 0) is 11.2 Å². The Balaban J connectivity index is 1.35. The number of aromatic nitrogens is 4. The van der Waals surface area contributed by atoms with E-state index in [9.17, 15) is 9.59 Å². The number of ketones is 1. The minimum atomic E-state index is -0.266. The summed E-state index contributed by atoms with van der Waals surface area (Å²) in [4.78, 5) is 36.8. The van der Waals surface area contributed by atoms with E-state index in [4.69, 9.17) is 0 Å². The number of nitrogens with one attached hydrogen (secondary N) is 2. The first kappa shape index (κ1) is 22.7. The molecule has 2 heterocycles. The quantitative estimate of drug-likeness (QED) is 0.309. The maximum absolute atomic E-state index is 12.7. The highest BCUT2D eigenvalue weighted by Gasteiger charge is 2.10. The molecule has 8 heteroatoms. The van der Waals surface area contributed by atoms with Crippen LogP contribution >= 0.6 is 0 Å². The Labute approximate surface area is 196 Å². The number of nitrogens with zero attached hydrogens (tertiary/aromatic N) is 4. The van der Waals surface area contributed by atoms with E-state index < -0.39 is 0 Å². The number of rotatable bonds is 8. The molecule has 8 nitrogen and oxygen atoms in total. The van der Waals surface area contributed by atoms with Gasteiger partial charge in [0.2, 0.25) is 5.95 Å². The molecule has 2 N–H and O–H groups in total. The highest BCUT2D eigenvalue weighted by atomic mass is 16.1. The molecule has 4 aromatic rings. The molecule has 0 aliphatic rings. The Hall–Kier alpha value is -4.46. The van der Waals surface area contributed by atoms with Crippen LogP contribution in [0.5, 0.6) is 0 Å². The molecule has 4 rings (SSSR count). The monoisotopic (exact) mass is 452 g/mol. The van der Waals surface area contributed by atoms with Gasteiger partial charge in [-0.15, -0.1) is 0 Å². The number of allylic oxidation sites excluding steroid dienone is 2. The number of benzene rings is 2. The minimum Gasteiger partial charge on any atom is -0.324 e. The first-order valence-electron chi connectivity index (χ1n) is 10.8. The smallest absolute Gasteiger partial charge is 0.257 e. The molecule has 0 fully saturated rings. The molecule has 0 atom stereocenters. The highest BCUT2D eigenvalue weighted by Crippen LogP contribution is 2.15. The van der Waals surface area contributed by atoms with Crippen LogP contribution in [-0.4, -0.2) is 44.6 Å². The second kappa shape index (κ2) is 10.4. The van der Waals surface area contributed by atoms with Crippen LogP contribution in [0.25, 0.3) is 11.0 Å². The van der Waals surface area contributed by atoms with Gasteiger partial charge in [0.1, 0.15) is 0 Å². The summed E-state index contributed by atoms with van der Waals surface area (Å²) < 4.78 is 0. The van der Waals surface area contributed by atoms with Gasteiger partial charge >= 0.3 is 0 Å². The van der Waals surface area contributed by atoms with E-state index in [-0.39, 0.29) is 11.7 Å². The lowest BCUT2D eigenvalue weighted by atomic mass is 10.0. The van der Waals surface area contributed by atoms with Gasteiger partial charge in [-0.05, 0) is 61.4 Å². The fourth-order valence-corrected chi connectivity index (χ4v) is 3.50. The topological polar surface area (TPSA) is 113 Å². The van der Waals surface area contributed by atoms with Gasteiger partial charge in [-0.25, -0.2) is 4.98 Å². The van der Waals surface area contributed by atoms with Gasteiger partial charge in [0, 0.05) is 24.6 Å². The van der Waals surface area contributed by atoms with E-state index >= 15 is 0 Å². The number of para-hydroxylation sites is 2. The Morgan fingerprint density at radius 1 is 1.06 bits per heavy atom. The standard InChI is InChI=1S/C26H24N6O2/c1-17-14-20(16-28-32-17)22(27-2)13-12-21(33)11-10-18-6-5-7-19(15-18)25(34)31-26-29-23-8-3-4-9-24(23)30-26/h3-9,12-16H,10-11H2,1-2H3,(H2,29,30,31,34)/b13-12-,27-22?. The Morgan fingerprint density at radius 2 is 1.91 bits per heavy atom. The summed E-state index contributed by atoms with van der Waals surface area (Å²) in [6.07, 6.45) is 5.66. The molecule has 170 valence electrons. The zero-order valence-electron chi connectivity index (χ0n) is 18.9. The van der Waals surface area contributed by atoms with Gasteiger partial charge in [-0.1, -0.05) is 24.3 Å². The number of carbonyl (C=O) groups is 2. The summed E-state index contributed by atoms with van der Waals surface area (Å²) in [6.45, 7) is 1.85. The molecule has 2 aromatic carbocycles. The van der Waals surface area contributed by atoms with E-state index in [1.54, 1.807) is 31.5 Å². The van der Waals surface area contributed by atoms with Crippen LogP contribution in [0.4, 0.5) is 5.95 Å². The Kier molecular flexibility index (Phi) is 6.98. The second-order valence-corrected chi connectivity index (χ2v) is 7.75.